The van der Waals surface area contributed by atoms with Crippen LogP contribution in [0.5, 0.6) is 0 Å². The molecular formula is C29H38N2O4. The largest absolute Gasteiger partial charge is 0.462 e. The molecule has 1 N–H and O–H groups in total. The molecule has 3 fully saturated rings. The van der Waals surface area contributed by atoms with E-state index in [9.17, 15) is 14.4 Å². The second-order valence-electron chi connectivity index (χ2n) is 11.7. The van der Waals surface area contributed by atoms with E-state index in [0.717, 1.165) is 50.5 Å². The van der Waals surface area contributed by atoms with Crippen molar-refractivity contribution in [3.63, 3.8) is 0 Å². The first-order valence-electron chi connectivity index (χ1n) is 13.4. The third-order valence-corrected chi connectivity index (χ3v) is 9.94. The van der Waals surface area contributed by atoms with Gasteiger partial charge in [-0.25, -0.2) is 0 Å². The van der Waals surface area contributed by atoms with Crippen molar-refractivity contribution in [2.24, 2.45) is 28.6 Å². The smallest absolute Gasteiger partial charge is 0.306 e. The molecule has 0 aliphatic heterocycles. The topological polar surface area (TPSA) is 85.4 Å². The quantitative estimate of drug-likeness (QED) is 0.587. The van der Waals surface area contributed by atoms with Crippen molar-refractivity contribution in [3.05, 3.63) is 41.7 Å². The summed E-state index contributed by atoms with van der Waals surface area (Å²) in [5, 5.41) is 2.86. The van der Waals surface area contributed by atoms with Crippen molar-refractivity contribution in [2.75, 3.05) is 0 Å². The first kappa shape index (κ1) is 24.2. The van der Waals surface area contributed by atoms with E-state index in [2.05, 4.69) is 24.1 Å². The summed E-state index contributed by atoms with van der Waals surface area (Å²) >= 11 is 0. The highest BCUT2D eigenvalue weighted by Crippen LogP contribution is 2.65. The Morgan fingerprint density at radius 2 is 1.83 bits per heavy atom. The number of carbonyl (C=O) groups excluding carboxylic acids is 3. The zero-order valence-corrected chi connectivity index (χ0v) is 21.1. The number of fused-ring (bicyclic) bond motifs is 5. The molecule has 188 valence electrons. The van der Waals surface area contributed by atoms with Gasteiger partial charge in [-0.2, -0.15) is 0 Å². The van der Waals surface area contributed by atoms with Crippen LogP contribution in [0.3, 0.4) is 0 Å². The minimum atomic E-state index is -0.260. The number of allylic oxidation sites excluding steroid dienone is 1. The number of pyridine rings is 1. The number of ether oxygens (including phenoxy) is 1. The lowest BCUT2D eigenvalue weighted by Gasteiger charge is -2.57. The number of esters is 1. The molecule has 6 nitrogen and oxygen atoms in total. The molecule has 4 aliphatic carbocycles. The van der Waals surface area contributed by atoms with Crippen LogP contribution in [-0.4, -0.2) is 28.7 Å². The third-order valence-electron chi connectivity index (χ3n) is 9.94. The van der Waals surface area contributed by atoms with Crippen LogP contribution in [0.2, 0.25) is 0 Å². The minimum absolute atomic E-state index is 0.0164. The Bertz CT molecular complexity index is 1020. The van der Waals surface area contributed by atoms with E-state index in [4.69, 9.17) is 4.74 Å². The minimum Gasteiger partial charge on any atom is -0.462 e. The normalized spacial score (nSPS) is 35.8. The molecule has 0 spiro atoms. The maximum Gasteiger partial charge on any atom is 0.306 e. The molecular weight excluding hydrogens is 440 g/mol. The van der Waals surface area contributed by atoms with Crippen LogP contribution >= 0.6 is 0 Å². The van der Waals surface area contributed by atoms with Gasteiger partial charge in [0.25, 0.3) is 0 Å². The summed E-state index contributed by atoms with van der Waals surface area (Å²) in [6, 6.07) is 3.72. The van der Waals surface area contributed by atoms with Crippen molar-refractivity contribution in [3.8, 4) is 0 Å². The predicted molar refractivity (Wildman–Crippen MR) is 132 cm³/mol. The van der Waals surface area contributed by atoms with E-state index in [0.29, 0.717) is 36.5 Å². The van der Waals surface area contributed by atoms with Crippen molar-refractivity contribution < 1.29 is 19.1 Å². The fourth-order valence-electron chi connectivity index (χ4n) is 7.93. The molecule has 3 saturated carbocycles. The average Bonchev–Trinajstić information content (AvgIpc) is 3.18. The van der Waals surface area contributed by atoms with Crippen molar-refractivity contribution >= 4 is 17.7 Å². The van der Waals surface area contributed by atoms with E-state index in [-0.39, 0.29) is 41.7 Å². The van der Waals surface area contributed by atoms with Gasteiger partial charge in [0.05, 0.1) is 6.42 Å². The Kier molecular flexibility index (Phi) is 6.58. The molecule has 0 saturated heterocycles. The number of nitrogens with one attached hydrogen (secondary N) is 1. The lowest BCUT2D eigenvalue weighted by Crippen LogP contribution is -2.51. The molecule has 1 heterocycles. The summed E-state index contributed by atoms with van der Waals surface area (Å²) in [5.74, 6) is 1.75. The van der Waals surface area contributed by atoms with Gasteiger partial charge in [-0.3, -0.25) is 19.4 Å². The van der Waals surface area contributed by atoms with E-state index in [1.54, 1.807) is 12.4 Å². The van der Waals surface area contributed by atoms with E-state index in [1.807, 2.05) is 18.2 Å². The van der Waals surface area contributed by atoms with Crippen LogP contribution in [0.4, 0.5) is 0 Å². The van der Waals surface area contributed by atoms with Crippen LogP contribution in [0.15, 0.2) is 36.2 Å². The lowest BCUT2D eigenvalue weighted by molar-refractivity contribution is -0.160. The Labute approximate surface area is 208 Å². The van der Waals surface area contributed by atoms with Crippen LogP contribution in [0.25, 0.3) is 0 Å². The number of hydrogen-bond acceptors (Lipinski definition) is 5. The molecule has 6 heteroatoms. The standard InChI is InChI=1S/C29H38N2O4/c1-28-13-9-21(32)17-20(28)3-4-22-23-5-6-25(29(23,2)14-10-24(22)28)35-27(34)8-7-26(33)31-18-19-11-15-30-16-12-19/h11-12,15-17,22-25H,3-10,13-14,18H2,1-2H3,(H,31,33)/t22-,23+,24+,25+,28+,29+/m1/s1. The Balaban J connectivity index is 1.16. The van der Waals surface area contributed by atoms with Gasteiger partial charge in [-0.05, 0) is 91.9 Å². The Morgan fingerprint density at radius 3 is 2.63 bits per heavy atom. The van der Waals surface area contributed by atoms with Gasteiger partial charge in [0.1, 0.15) is 6.10 Å². The summed E-state index contributed by atoms with van der Waals surface area (Å²) in [5.41, 5.74) is 2.55. The second kappa shape index (κ2) is 9.51. The van der Waals surface area contributed by atoms with E-state index < -0.39 is 0 Å². The van der Waals surface area contributed by atoms with Crippen LogP contribution in [-0.2, 0) is 25.7 Å². The molecule has 6 atom stereocenters. The number of carbonyl (C=O) groups is 3. The fourth-order valence-corrected chi connectivity index (χ4v) is 7.93. The number of nitrogens with zero attached hydrogens (tertiary/aromatic N) is 1. The highest BCUT2D eigenvalue weighted by Gasteiger charge is 2.59. The second-order valence-corrected chi connectivity index (χ2v) is 11.7. The van der Waals surface area contributed by atoms with E-state index >= 15 is 0 Å². The van der Waals surface area contributed by atoms with Crippen LogP contribution < -0.4 is 5.32 Å². The monoisotopic (exact) mass is 478 g/mol. The molecule has 0 radical (unpaired) electrons. The Hall–Kier alpha value is -2.50. The summed E-state index contributed by atoms with van der Waals surface area (Å²) in [6.45, 7) is 5.17. The number of hydrogen-bond donors (Lipinski definition) is 1. The molecule has 0 bridgehead atoms. The predicted octanol–water partition coefficient (Wildman–Crippen LogP) is 4.92. The molecule has 1 amide bonds. The van der Waals surface area contributed by atoms with Gasteiger partial charge in [0, 0.05) is 37.2 Å². The molecule has 5 rings (SSSR count). The van der Waals surface area contributed by atoms with Crippen LogP contribution in [0, 0.1) is 28.6 Å². The number of aromatic nitrogens is 1. The molecule has 35 heavy (non-hydrogen) atoms. The number of amides is 1. The average molecular weight is 479 g/mol. The van der Waals surface area contributed by atoms with Crippen LogP contribution in [0.1, 0.15) is 83.6 Å². The van der Waals surface area contributed by atoms with Gasteiger partial charge in [0.15, 0.2) is 5.78 Å². The number of rotatable bonds is 6. The zero-order valence-electron chi connectivity index (χ0n) is 21.1. The maximum absolute atomic E-state index is 12.7. The third kappa shape index (κ3) is 4.56. The Morgan fingerprint density at radius 1 is 1.03 bits per heavy atom. The molecule has 0 aromatic carbocycles. The fraction of sp³-hybridized carbons (Fsp3) is 0.655. The van der Waals surface area contributed by atoms with Crippen molar-refractivity contribution in [1.82, 2.24) is 10.3 Å². The van der Waals surface area contributed by atoms with Gasteiger partial charge in [-0.1, -0.05) is 19.4 Å². The lowest BCUT2D eigenvalue weighted by atomic mass is 9.47. The first-order chi connectivity index (χ1) is 16.8. The SMILES string of the molecule is C[C@]12CC[C@H]3[C@H](CCC4=CC(=O)CC[C@@]43C)[C@@H]1CC[C@@H]2OC(=O)CCC(=O)NCc1ccncc1. The van der Waals surface area contributed by atoms with Gasteiger partial charge >= 0.3 is 5.97 Å². The first-order valence-corrected chi connectivity index (χ1v) is 13.4. The molecule has 4 aliphatic rings. The van der Waals surface area contributed by atoms with Crippen molar-refractivity contribution in [2.45, 2.75) is 90.7 Å². The molecule has 0 unspecified atom stereocenters. The maximum atomic E-state index is 12.7. The highest BCUT2D eigenvalue weighted by molar-refractivity contribution is 5.91. The van der Waals surface area contributed by atoms with E-state index in [1.165, 1.54) is 5.57 Å². The molecule has 1 aromatic rings. The molecule has 1 aromatic heterocycles. The van der Waals surface area contributed by atoms with Gasteiger partial charge in [-0.15, -0.1) is 0 Å². The van der Waals surface area contributed by atoms with Gasteiger partial charge in [0.2, 0.25) is 5.91 Å². The number of ketones is 1. The summed E-state index contributed by atoms with van der Waals surface area (Å²) in [7, 11) is 0. The summed E-state index contributed by atoms with van der Waals surface area (Å²) < 4.78 is 6.04. The van der Waals surface area contributed by atoms with Gasteiger partial charge < -0.3 is 10.1 Å². The van der Waals surface area contributed by atoms with Crippen molar-refractivity contribution in [1.29, 1.82) is 0 Å². The highest BCUT2D eigenvalue weighted by atomic mass is 16.5. The summed E-state index contributed by atoms with van der Waals surface area (Å²) in [4.78, 5) is 40.9. The summed E-state index contributed by atoms with van der Waals surface area (Å²) in [6.07, 6.45) is 13.7. The zero-order chi connectivity index (χ0) is 24.6.